The molecule has 0 radical (unpaired) electrons. The van der Waals surface area contributed by atoms with Crippen LogP contribution in [0.1, 0.15) is 47.4 Å². The van der Waals surface area contributed by atoms with Gasteiger partial charge in [0.2, 0.25) is 11.8 Å². The van der Waals surface area contributed by atoms with Gasteiger partial charge in [-0.1, -0.05) is 31.2 Å². The lowest BCUT2D eigenvalue weighted by molar-refractivity contribution is -0.142. The Morgan fingerprint density at radius 1 is 1.24 bits per heavy atom. The van der Waals surface area contributed by atoms with Gasteiger partial charge in [-0.2, -0.15) is 0 Å². The molecule has 2 heterocycles. The summed E-state index contributed by atoms with van der Waals surface area (Å²) in [5, 5.41) is 2.11. The standard InChI is InChI=1S/C23H30N2O3S/c1-4-7-21(26)24(13-14-28-3)16-22(27)25-12-10-20-19(11-15-29-20)23(25)18-9-6-5-8-17(18)2/h5-6,8-9,11,15,23H,4,7,10,12-14,16H2,1-3H3/t23-/m0/s1. The van der Waals surface area contributed by atoms with Crippen LogP contribution >= 0.6 is 11.3 Å². The monoisotopic (exact) mass is 414 g/mol. The first-order chi connectivity index (χ1) is 14.1. The lowest BCUT2D eigenvalue weighted by atomic mass is 9.90. The van der Waals surface area contributed by atoms with E-state index in [1.807, 2.05) is 24.0 Å². The van der Waals surface area contributed by atoms with Crippen molar-refractivity contribution in [1.82, 2.24) is 9.80 Å². The number of methoxy groups -OCH3 is 1. The quantitative estimate of drug-likeness (QED) is 0.660. The predicted octanol–water partition coefficient (Wildman–Crippen LogP) is 3.81. The van der Waals surface area contributed by atoms with Crippen molar-refractivity contribution in [2.24, 2.45) is 0 Å². The number of ether oxygens (including phenoxy) is 1. The van der Waals surface area contributed by atoms with Crippen molar-refractivity contribution in [3.05, 3.63) is 57.3 Å². The molecule has 0 spiro atoms. The topological polar surface area (TPSA) is 49.9 Å². The molecule has 3 rings (SSSR count). The van der Waals surface area contributed by atoms with Crippen LogP contribution in [0.15, 0.2) is 35.7 Å². The summed E-state index contributed by atoms with van der Waals surface area (Å²) in [6, 6.07) is 10.3. The summed E-state index contributed by atoms with van der Waals surface area (Å²) in [6.45, 7) is 5.71. The van der Waals surface area contributed by atoms with Gasteiger partial charge in [0.25, 0.3) is 0 Å². The molecule has 0 unspecified atom stereocenters. The molecule has 1 aromatic heterocycles. The van der Waals surface area contributed by atoms with Crippen molar-refractivity contribution >= 4 is 23.2 Å². The molecule has 156 valence electrons. The number of hydrogen-bond donors (Lipinski definition) is 0. The number of hydrogen-bond acceptors (Lipinski definition) is 4. The number of carbonyl (C=O) groups is 2. The first-order valence-electron chi connectivity index (χ1n) is 10.2. The first-order valence-corrected chi connectivity index (χ1v) is 11.1. The van der Waals surface area contributed by atoms with E-state index >= 15 is 0 Å². The van der Waals surface area contributed by atoms with Crippen molar-refractivity contribution in [1.29, 1.82) is 0 Å². The smallest absolute Gasteiger partial charge is 0.242 e. The zero-order valence-electron chi connectivity index (χ0n) is 17.5. The third-order valence-corrected chi connectivity index (χ3v) is 6.47. The molecule has 0 fully saturated rings. The molecule has 6 heteroatoms. The summed E-state index contributed by atoms with van der Waals surface area (Å²) in [6.07, 6.45) is 2.08. The van der Waals surface area contributed by atoms with Crippen LogP contribution < -0.4 is 0 Å². The minimum absolute atomic E-state index is 0.00402. The molecule has 1 atom stereocenters. The lowest BCUT2D eigenvalue weighted by Crippen LogP contribution is -2.47. The summed E-state index contributed by atoms with van der Waals surface area (Å²) in [7, 11) is 1.61. The Hall–Kier alpha value is -2.18. The van der Waals surface area contributed by atoms with E-state index in [-0.39, 0.29) is 24.4 Å². The summed E-state index contributed by atoms with van der Waals surface area (Å²) in [5.41, 5.74) is 3.54. The second kappa shape index (κ2) is 10.0. The summed E-state index contributed by atoms with van der Waals surface area (Å²) in [5.74, 6) is 0.00855. The molecule has 0 N–H and O–H groups in total. The van der Waals surface area contributed by atoms with E-state index in [0.29, 0.717) is 26.1 Å². The first kappa shape index (κ1) is 21.5. The van der Waals surface area contributed by atoms with Crippen LogP contribution in [0.2, 0.25) is 0 Å². The molecule has 2 amide bonds. The fourth-order valence-electron chi connectivity index (χ4n) is 3.93. The van der Waals surface area contributed by atoms with Crippen LogP contribution in [0.5, 0.6) is 0 Å². The van der Waals surface area contributed by atoms with Crippen molar-refractivity contribution in [3.63, 3.8) is 0 Å². The van der Waals surface area contributed by atoms with Crippen LogP contribution in [0.3, 0.4) is 0 Å². The molecule has 0 bridgehead atoms. The Kier molecular flexibility index (Phi) is 7.45. The molecule has 0 saturated carbocycles. The minimum atomic E-state index is -0.0933. The van der Waals surface area contributed by atoms with Crippen LogP contribution in [0, 0.1) is 6.92 Å². The van der Waals surface area contributed by atoms with E-state index in [9.17, 15) is 9.59 Å². The molecular formula is C23H30N2O3S. The maximum atomic E-state index is 13.4. The number of nitrogens with zero attached hydrogens (tertiary/aromatic N) is 2. The van der Waals surface area contributed by atoms with Gasteiger partial charge in [-0.25, -0.2) is 0 Å². The van der Waals surface area contributed by atoms with Gasteiger partial charge in [-0.3, -0.25) is 9.59 Å². The Labute approximate surface area is 177 Å². The van der Waals surface area contributed by atoms with E-state index < -0.39 is 0 Å². The fraction of sp³-hybridized carbons (Fsp3) is 0.478. The third kappa shape index (κ3) is 4.87. The number of amides is 2. The molecule has 0 saturated heterocycles. The van der Waals surface area contributed by atoms with Gasteiger partial charge >= 0.3 is 0 Å². The molecule has 2 aromatic rings. The third-order valence-electron chi connectivity index (χ3n) is 5.48. The second-order valence-corrected chi connectivity index (χ2v) is 8.45. The Bertz CT molecular complexity index is 848. The average Bonchev–Trinajstić information content (AvgIpc) is 3.20. The van der Waals surface area contributed by atoms with Crippen LogP contribution in [-0.4, -0.2) is 55.0 Å². The Morgan fingerprint density at radius 3 is 2.76 bits per heavy atom. The summed E-state index contributed by atoms with van der Waals surface area (Å²) in [4.78, 5) is 30.9. The zero-order chi connectivity index (χ0) is 20.8. The number of fused-ring (bicyclic) bond motifs is 1. The van der Waals surface area contributed by atoms with Crippen LogP contribution in [0.4, 0.5) is 0 Å². The van der Waals surface area contributed by atoms with Gasteiger partial charge in [0, 0.05) is 31.5 Å². The number of benzene rings is 1. The number of aryl methyl sites for hydroxylation is 1. The number of thiophene rings is 1. The van der Waals surface area contributed by atoms with Gasteiger partial charge in [-0.15, -0.1) is 11.3 Å². The second-order valence-electron chi connectivity index (χ2n) is 7.45. The molecule has 1 aliphatic heterocycles. The van der Waals surface area contributed by atoms with Crippen molar-refractivity contribution in [2.75, 3.05) is 33.4 Å². The van der Waals surface area contributed by atoms with E-state index in [4.69, 9.17) is 4.74 Å². The molecule has 1 aliphatic rings. The Morgan fingerprint density at radius 2 is 2.03 bits per heavy atom. The normalized spacial score (nSPS) is 15.8. The largest absolute Gasteiger partial charge is 0.383 e. The van der Waals surface area contributed by atoms with Crippen LogP contribution in [0.25, 0.3) is 0 Å². The van der Waals surface area contributed by atoms with E-state index in [2.05, 4.69) is 30.5 Å². The van der Waals surface area contributed by atoms with Gasteiger partial charge in [0.1, 0.15) is 0 Å². The molecule has 1 aromatic carbocycles. The van der Waals surface area contributed by atoms with E-state index in [1.54, 1.807) is 23.3 Å². The highest BCUT2D eigenvalue weighted by atomic mass is 32.1. The minimum Gasteiger partial charge on any atom is -0.383 e. The maximum Gasteiger partial charge on any atom is 0.242 e. The number of rotatable bonds is 8. The fourth-order valence-corrected chi connectivity index (χ4v) is 4.84. The van der Waals surface area contributed by atoms with Crippen molar-refractivity contribution < 1.29 is 14.3 Å². The molecule has 0 aliphatic carbocycles. The van der Waals surface area contributed by atoms with Gasteiger partial charge in [0.05, 0.1) is 19.2 Å². The highest BCUT2D eigenvalue weighted by Crippen LogP contribution is 2.38. The highest BCUT2D eigenvalue weighted by molar-refractivity contribution is 7.10. The van der Waals surface area contributed by atoms with Crippen LogP contribution in [-0.2, 0) is 20.7 Å². The SMILES string of the molecule is CCCC(=O)N(CCOC)CC(=O)N1CCc2sccc2[C@@H]1c1ccccc1C. The lowest BCUT2D eigenvalue weighted by Gasteiger charge is -2.38. The zero-order valence-corrected chi connectivity index (χ0v) is 18.3. The van der Waals surface area contributed by atoms with Crippen molar-refractivity contribution in [2.45, 2.75) is 39.2 Å². The van der Waals surface area contributed by atoms with E-state index in [0.717, 1.165) is 18.4 Å². The molecule has 29 heavy (non-hydrogen) atoms. The average molecular weight is 415 g/mol. The molecule has 5 nitrogen and oxygen atoms in total. The Balaban J connectivity index is 1.87. The molecular weight excluding hydrogens is 384 g/mol. The van der Waals surface area contributed by atoms with Gasteiger partial charge in [-0.05, 0) is 47.9 Å². The summed E-state index contributed by atoms with van der Waals surface area (Å²) >= 11 is 1.76. The highest BCUT2D eigenvalue weighted by Gasteiger charge is 2.34. The van der Waals surface area contributed by atoms with Gasteiger partial charge in [0.15, 0.2) is 0 Å². The maximum absolute atomic E-state index is 13.4. The summed E-state index contributed by atoms with van der Waals surface area (Å²) < 4.78 is 5.15. The predicted molar refractivity (Wildman–Crippen MR) is 116 cm³/mol. The van der Waals surface area contributed by atoms with Gasteiger partial charge < -0.3 is 14.5 Å². The van der Waals surface area contributed by atoms with E-state index in [1.165, 1.54) is 16.0 Å². The van der Waals surface area contributed by atoms with Crippen molar-refractivity contribution in [3.8, 4) is 0 Å². The number of carbonyl (C=O) groups excluding carboxylic acids is 2.